The average molecular weight is 406 g/mol. The minimum absolute atomic E-state index is 0.278. The van der Waals surface area contributed by atoms with Gasteiger partial charge in [0.25, 0.3) is 0 Å². The number of nitrogens with zero attached hydrogens (tertiary/aromatic N) is 1. The Morgan fingerprint density at radius 3 is 2.39 bits per heavy atom. The maximum absolute atomic E-state index is 12.4. The van der Waals surface area contributed by atoms with Crippen molar-refractivity contribution in [2.45, 2.75) is 58.9 Å². The van der Waals surface area contributed by atoms with Crippen LogP contribution in [-0.2, 0) is 16.1 Å². The summed E-state index contributed by atoms with van der Waals surface area (Å²) in [5.74, 6) is -0.483. The Hall–Kier alpha value is -2.45. The normalized spacial score (nSPS) is 13.5. The van der Waals surface area contributed by atoms with Crippen LogP contribution in [0, 0.1) is 6.92 Å². The highest BCUT2D eigenvalue weighted by molar-refractivity contribution is 7.13. The minimum atomic E-state index is -1.10. The molecule has 0 spiro atoms. The van der Waals surface area contributed by atoms with Crippen LogP contribution in [0.4, 0.5) is 4.79 Å². The Kier molecular flexibility index (Phi) is 7.15. The van der Waals surface area contributed by atoms with Crippen molar-refractivity contribution < 1.29 is 19.4 Å². The molecule has 2 rings (SSSR count). The molecule has 1 aromatic heterocycles. The fraction of sp³-hybridized carbons (Fsp3) is 0.450. The lowest BCUT2D eigenvalue weighted by Gasteiger charge is -2.24. The molecule has 2 amide bonds. The van der Waals surface area contributed by atoms with Gasteiger partial charge >= 0.3 is 6.09 Å². The summed E-state index contributed by atoms with van der Waals surface area (Å²) in [5.41, 5.74) is 4.08. The molecule has 0 unspecified atom stereocenters. The van der Waals surface area contributed by atoms with E-state index < -0.39 is 29.7 Å². The van der Waals surface area contributed by atoms with Gasteiger partial charge in [-0.1, -0.05) is 24.3 Å². The molecule has 0 saturated carbocycles. The number of aliphatic hydroxyl groups is 1. The van der Waals surface area contributed by atoms with Gasteiger partial charge in [-0.15, -0.1) is 11.3 Å². The zero-order chi connectivity index (χ0) is 20.9. The molecule has 2 atom stereocenters. The van der Waals surface area contributed by atoms with Crippen LogP contribution in [0.15, 0.2) is 29.8 Å². The quantitative estimate of drug-likeness (QED) is 0.686. The Morgan fingerprint density at radius 2 is 1.89 bits per heavy atom. The van der Waals surface area contributed by atoms with Crippen molar-refractivity contribution >= 4 is 23.3 Å². The number of hydrogen-bond acceptors (Lipinski definition) is 6. The van der Waals surface area contributed by atoms with Crippen molar-refractivity contribution in [2.75, 3.05) is 0 Å². The van der Waals surface area contributed by atoms with E-state index in [-0.39, 0.29) is 6.54 Å². The molecule has 7 nitrogen and oxygen atoms in total. The highest BCUT2D eigenvalue weighted by Crippen LogP contribution is 2.27. The van der Waals surface area contributed by atoms with Crippen molar-refractivity contribution in [3.8, 4) is 10.4 Å². The van der Waals surface area contributed by atoms with Gasteiger partial charge < -0.3 is 20.5 Å². The molecule has 0 fully saturated rings. The van der Waals surface area contributed by atoms with E-state index in [4.69, 9.17) is 4.74 Å². The van der Waals surface area contributed by atoms with Crippen LogP contribution in [0.5, 0.6) is 0 Å². The molecule has 1 aromatic carbocycles. The average Bonchev–Trinajstić information content (AvgIpc) is 3.02. The molecule has 0 bridgehead atoms. The summed E-state index contributed by atoms with van der Waals surface area (Å²) in [6, 6.07) is 6.70. The van der Waals surface area contributed by atoms with E-state index in [1.807, 2.05) is 36.7 Å². The number of hydrogen-bond donors (Lipinski definition) is 3. The van der Waals surface area contributed by atoms with Crippen molar-refractivity contribution in [3.63, 3.8) is 0 Å². The van der Waals surface area contributed by atoms with E-state index in [9.17, 15) is 14.7 Å². The van der Waals surface area contributed by atoms with Gasteiger partial charge in [-0.25, -0.2) is 9.78 Å². The van der Waals surface area contributed by atoms with Gasteiger partial charge in [0.1, 0.15) is 11.6 Å². The van der Waals surface area contributed by atoms with E-state index in [1.165, 1.54) is 6.92 Å². The summed E-state index contributed by atoms with van der Waals surface area (Å²) in [6.45, 7) is 8.85. The number of nitrogens with one attached hydrogen (secondary N) is 2. The number of thiazole rings is 1. The Balaban J connectivity index is 1.95. The van der Waals surface area contributed by atoms with E-state index in [0.717, 1.165) is 21.7 Å². The second kappa shape index (κ2) is 9.16. The van der Waals surface area contributed by atoms with Crippen molar-refractivity contribution in [3.05, 3.63) is 41.0 Å². The first kappa shape index (κ1) is 21.8. The van der Waals surface area contributed by atoms with Gasteiger partial charge in [0.15, 0.2) is 0 Å². The summed E-state index contributed by atoms with van der Waals surface area (Å²) in [6.07, 6.45) is -1.82. The molecule has 0 aliphatic rings. The molecule has 0 aliphatic heterocycles. The van der Waals surface area contributed by atoms with Gasteiger partial charge in [0.2, 0.25) is 5.91 Å². The third-order valence-corrected chi connectivity index (χ3v) is 4.84. The number of aliphatic hydroxyl groups excluding tert-OH is 1. The summed E-state index contributed by atoms with van der Waals surface area (Å²) in [4.78, 5) is 29.7. The maximum atomic E-state index is 12.4. The molecule has 28 heavy (non-hydrogen) atoms. The number of carbonyl (C=O) groups is 2. The standard InChI is InChI=1S/C20H27N3O4S/c1-12-17(28-11-22-12)15-8-6-14(7-9-15)10-21-18(25)16(13(2)24)23-19(26)27-20(3,4)5/h6-9,11,13,16,24H,10H2,1-5H3,(H,21,25)(H,23,26)/t13-,16+/m1/s1. The van der Waals surface area contributed by atoms with Crippen molar-refractivity contribution in [1.29, 1.82) is 0 Å². The number of aromatic nitrogens is 1. The lowest BCUT2D eigenvalue weighted by atomic mass is 10.1. The number of carbonyl (C=O) groups excluding carboxylic acids is 2. The highest BCUT2D eigenvalue weighted by atomic mass is 32.1. The Bertz CT molecular complexity index is 810. The van der Waals surface area contributed by atoms with Gasteiger partial charge in [0.05, 0.1) is 22.2 Å². The van der Waals surface area contributed by atoms with Gasteiger partial charge in [-0.2, -0.15) is 0 Å². The molecule has 0 radical (unpaired) electrons. The lowest BCUT2D eigenvalue weighted by molar-refractivity contribution is -0.125. The zero-order valence-electron chi connectivity index (χ0n) is 16.8. The van der Waals surface area contributed by atoms with Crippen molar-refractivity contribution in [1.82, 2.24) is 15.6 Å². The molecular formula is C20H27N3O4S. The van der Waals surface area contributed by atoms with E-state index in [0.29, 0.717) is 0 Å². The van der Waals surface area contributed by atoms with Gasteiger partial charge in [-0.05, 0) is 45.7 Å². The number of benzene rings is 1. The molecule has 1 heterocycles. The van der Waals surface area contributed by atoms with E-state index >= 15 is 0 Å². The zero-order valence-corrected chi connectivity index (χ0v) is 17.6. The predicted octanol–water partition coefficient (Wildman–Crippen LogP) is 3.01. The fourth-order valence-electron chi connectivity index (χ4n) is 2.49. The SMILES string of the molecule is Cc1ncsc1-c1ccc(CNC(=O)[C@@H](NC(=O)OC(C)(C)C)[C@@H](C)O)cc1. The Labute approximate surface area is 169 Å². The van der Waals surface area contributed by atoms with Gasteiger partial charge in [0, 0.05) is 6.54 Å². The van der Waals surface area contributed by atoms with Crippen LogP contribution >= 0.6 is 11.3 Å². The van der Waals surface area contributed by atoms with Crippen LogP contribution in [0.2, 0.25) is 0 Å². The molecule has 152 valence electrons. The van der Waals surface area contributed by atoms with Crippen LogP contribution < -0.4 is 10.6 Å². The summed E-state index contributed by atoms with van der Waals surface area (Å²) in [7, 11) is 0. The third kappa shape index (κ3) is 6.31. The molecule has 0 aliphatic carbocycles. The number of rotatable bonds is 6. The largest absolute Gasteiger partial charge is 0.444 e. The summed E-state index contributed by atoms with van der Waals surface area (Å²) >= 11 is 1.58. The van der Waals surface area contributed by atoms with E-state index in [2.05, 4.69) is 15.6 Å². The molecule has 8 heteroatoms. The van der Waals surface area contributed by atoms with Crippen LogP contribution in [0.1, 0.15) is 39.0 Å². The molecule has 3 N–H and O–H groups in total. The van der Waals surface area contributed by atoms with Crippen LogP contribution in [-0.4, -0.2) is 39.8 Å². The summed E-state index contributed by atoms with van der Waals surface area (Å²) in [5, 5.41) is 15.0. The number of alkyl carbamates (subject to hydrolysis) is 1. The third-order valence-electron chi connectivity index (χ3n) is 3.87. The number of amides is 2. The lowest BCUT2D eigenvalue weighted by Crippen LogP contribution is -2.53. The Morgan fingerprint density at radius 1 is 1.25 bits per heavy atom. The smallest absolute Gasteiger partial charge is 0.408 e. The number of aryl methyl sites for hydroxylation is 1. The second-order valence-corrected chi connectivity index (χ2v) is 8.40. The molecule has 0 saturated heterocycles. The monoisotopic (exact) mass is 405 g/mol. The second-order valence-electron chi connectivity index (χ2n) is 7.55. The summed E-state index contributed by atoms with van der Waals surface area (Å²) < 4.78 is 5.14. The molecular weight excluding hydrogens is 378 g/mol. The predicted molar refractivity (Wildman–Crippen MR) is 109 cm³/mol. The van der Waals surface area contributed by atoms with Crippen LogP contribution in [0.25, 0.3) is 10.4 Å². The number of ether oxygens (including phenoxy) is 1. The topological polar surface area (TPSA) is 101 Å². The fourth-order valence-corrected chi connectivity index (χ4v) is 3.30. The first-order valence-electron chi connectivity index (χ1n) is 9.01. The molecule has 2 aromatic rings. The first-order valence-corrected chi connectivity index (χ1v) is 9.89. The maximum Gasteiger partial charge on any atom is 0.408 e. The highest BCUT2D eigenvalue weighted by Gasteiger charge is 2.27. The van der Waals surface area contributed by atoms with Crippen LogP contribution in [0.3, 0.4) is 0 Å². The van der Waals surface area contributed by atoms with Gasteiger partial charge in [-0.3, -0.25) is 4.79 Å². The minimum Gasteiger partial charge on any atom is -0.444 e. The first-order chi connectivity index (χ1) is 13.1. The van der Waals surface area contributed by atoms with E-state index in [1.54, 1.807) is 32.1 Å². The van der Waals surface area contributed by atoms with Crippen molar-refractivity contribution in [2.24, 2.45) is 0 Å².